The predicted octanol–water partition coefficient (Wildman–Crippen LogP) is 6.47. The van der Waals surface area contributed by atoms with Gasteiger partial charge in [-0.1, -0.05) is 79.1 Å². The topological polar surface area (TPSA) is 0 Å². The predicted molar refractivity (Wildman–Crippen MR) is 92.3 cm³/mol. The van der Waals surface area contributed by atoms with E-state index in [9.17, 15) is 0 Å². The molecule has 0 fully saturated rings. The van der Waals surface area contributed by atoms with E-state index in [1.807, 2.05) is 0 Å². The van der Waals surface area contributed by atoms with Crippen LogP contribution in [0.25, 0.3) is 0 Å². The van der Waals surface area contributed by atoms with Crippen molar-refractivity contribution in [3.63, 3.8) is 0 Å². The van der Waals surface area contributed by atoms with Crippen molar-refractivity contribution in [1.82, 2.24) is 0 Å². The molecule has 0 radical (unpaired) electrons. The molecule has 112 valence electrons. The third-order valence-corrected chi connectivity index (χ3v) is 3.77. The molecule has 0 amide bonds. The molecule has 0 rings (SSSR count). The molecule has 19 heavy (non-hydrogen) atoms. The Morgan fingerprint density at radius 3 is 1.11 bits per heavy atom. The van der Waals surface area contributed by atoms with E-state index in [4.69, 9.17) is 0 Å². The molecule has 0 spiro atoms. The van der Waals surface area contributed by atoms with E-state index >= 15 is 0 Å². The molecule has 0 aliphatic carbocycles. The van der Waals surface area contributed by atoms with E-state index in [2.05, 4.69) is 41.5 Å². The molecule has 0 nitrogen and oxygen atoms in total. The maximum Gasteiger partial charge on any atom is 2.00 e. The Kier molecular flexibility index (Phi) is 27.5. The quantitative estimate of drug-likeness (QED) is 0.317. The normalized spacial score (nSPS) is 12.9. The van der Waals surface area contributed by atoms with Crippen LogP contribution in [0.3, 0.4) is 0 Å². The summed E-state index contributed by atoms with van der Waals surface area (Å²) in [5, 5.41) is 0. The van der Waals surface area contributed by atoms with Crippen LogP contribution in [-0.2, 0) is 0 Å². The molecule has 0 aliphatic heterocycles. The number of hydrogen-bond donors (Lipinski definition) is 0. The van der Waals surface area contributed by atoms with Gasteiger partial charge in [-0.2, -0.15) is 12.8 Å². The molecular weight excluding hydrogens is 241 g/mol. The first-order valence-electron chi connectivity index (χ1n) is 8.28. The van der Waals surface area contributed by atoms with E-state index in [1.54, 1.807) is 0 Å². The molecular formula is C18H38Mg. The Balaban J connectivity index is -0.000000256. The van der Waals surface area contributed by atoms with Crippen LogP contribution in [0.15, 0.2) is 0 Å². The van der Waals surface area contributed by atoms with Gasteiger partial charge in [0.1, 0.15) is 0 Å². The van der Waals surface area contributed by atoms with Gasteiger partial charge in [0.25, 0.3) is 0 Å². The Morgan fingerprint density at radius 2 is 0.947 bits per heavy atom. The minimum atomic E-state index is 0. The van der Waals surface area contributed by atoms with Crippen molar-refractivity contribution in [2.45, 2.75) is 91.9 Å². The summed E-state index contributed by atoms with van der Waals surface area (Å²) in [6.45, 7) is 16.8. The largest absolute Gasteiger partial charge is 2.00 e. The average molecular weight is 279 g/mol. The van der Waals surface area contributed by atoms with Crippen molar-refractivity contribution >= 4 is 23.1 Å². The molecule has 0 aromatic carbocycles. The summed E-state index contributed by atoms with van der Waals surface area (Å²) in [5.74, 6) is 1.90. The second-order valence-corrected chi connectivity index (χ2v) is 5.41. The Hall–Kier alpha value is 0.766. The van der Waals surface area contributed by atoms with Crippen LogP contribution in [0.2, 0.25) is 0 Å². The molecule has 0 saturated heterocycles. The van der Waals surface area contributed by atoms with E-state index in [0.29, 0.717) is 0 Å². The van der Waals surface area contributed by atoms with E-state index < -0.39 is 0 Å². The first kappa shape index (κ1) is 24.8. The molecule has 0 aromatic heterocycles. The van der Waals surface area contributed by atoms with Gasteiger partial charge in [0.05, 0.1) is 0 Å². The first-order valence-corrected chi connectivity index (χ1v) is 8.28. The minimum absolute atomic E-state index is 0. The van der Waals surface area contributed by atoms with E-state index in [-0.39, 0.29) is 23.1 Å². The van der Waals surface area contributed by atoms with Gasteiger partial charge in [0, 0.05) is 0 Å². The molecule has 0 bridgehead atoms. The van der Waals surface area contributed by atoms with Crippen molar-refractivity contribution in [1.29, 1.82) is 0 Å². The SMILES string of the molecule is [CH2-]CCC(CC)CCC.[CH2-]CCC(CC)CCC.[Mg+2]. The maximum absolute atomic E-state index is 3.86. The van der Waals surface area contributed by atoms with Gasteiger partial charge >= 0.3 is 23.1 Å². The standard InChI is InChI=1S/2C9H19.Mg/c2*1-4-7-9(6-3)8-5-2;/h2*9H,1,4-8H2,2-3H3;/q2*-1;+2. The Labute approximate surface area is 140 Å². The fourth-order valence-electron chi connectivity index (χ4n) is 2.50. The molecule has 0 heterocycles. The van der Waals surface area contributed by atoms with Gasteiger partial charge < -0.3 is 13.8 Å². The first-order chi connectivity index (χ1) is 8.69. The molecule has 1 heteroatoms. The van der Waals surface area contributed by atoms with Crippen LogP contribution >= 0.6 is 0 Å². The van der Waals surface area contributed by atoms with Crippen molar-refractivity contribution in [3.05, 3.63) is 13.8 Å². The number of rotatable bonds is 10. The fraction of sp³-hybridized carbons (Fsp3) is 0.889. The summed E-state index contributed by atoms with van der Waals surface area (Å²) in [6.07, 6.45) is 13.0. The average Bonchev–Trinajstić information content (AvgIpc) is 2.39. The zero-order valence-corrected chi connectivity index (χ0v) is 15.8. The zero-order chi connectivity index (χ0) is 14.2. The second-order valence-electron chi connectivity index (χ2n) is 5.41. The molecule has 0 aromatic rings. The Bertz CT molecular complexity index is 106. The van der Waals surface area contributed by atoms with Crippen LogP contribution in [-0.4, -0.2) is 23.1 Å². The summed E-state index contributed by atoms with van der Waals surface area (Å²) in [6, 6.07) is 0. The van der Waals surface area contributed by atoms with Gasteiger partial charge in [-0.25, -0.2) is 0 Å². The second kappa shape index (κ2) is 21.1. The molecule has 0 N–H and O–H groups in total. The van der Waals surface area contributed by atoms with Crippen LogP contribution in [0.4, 0.5) is 0 Å². The third-order valence-electron chi connectivity index (χ3n) is 3.77. The van der Waals surface area contributed by atoms with Crippen molar-refractivity contribution in [2.75, 3.05) is 0 Å². The zero-order valence-electron chi connectivity index (χ0n) is 14.3. The summed E-state index contributed by atoms with van der Waals surface area (Å²) < 4.78 is 0. The number of hydrogen-bond acceptors (Lipinski definition) is 0. The van der Waals surface area contributed by atoms with Gasteiger partial charge in [-0.05, 0) is 11.8 Å². The van der Waals surface area contributed by atoms with E-state index in [1.165, 1.54) is 51.4 Å². The van der Waals surface area contributed by atoms with Crippen molar-refractivity contribution in [2.24, 2.45) is 11.8 Å². The minimum Gasteiger partial charge on any atom is -0.343 e. The summed E-state index contributed by atoms with van der Waals surface area (Å²) in [7, 11) is 0. The fourth-order valence-corrected chi connectivity index (χ4v) is 2.50. The summed E-state index contributed by atoms with van der Waals surface area (Å²) >= 11 is 0. The van der Waals surface area contributed by atoms with Crippen molar-refractivity contribution < 1.29 is 0 Å². The van der Waals surface area contributed by atoms with Crippen LogP contribution < -0.4 is 0 Å². The summed E-state index contributed by atoms with van der Waals surface area (Å²) in [5.41, 5.74) is 0. The van der Waals surface area contributed by atoms with E-state index in [0.717, 1.165) is 24.7 Å². The van der Waals surface area contributed by atoms with Crippen LogP contribution in [0.1, 0.15) is 91.9 Å². The van der Waals surface area contributed by atoms with Gasteiger partial charge in [0.15, 0.2) is 0 Å². The molecule has 2 unspecified atom stereocenters. The van der Waals surface area contributed by atoms with Gasteiger partial charge in [-0.3, -0.25) is 0 Å². The monoisotopic (exact) mass is 278 g/mol. The van der Waals surface area contributed by atoms with Crippen LogP contribution in [0, 0.1) is 25.7 Å². The van der Waals surface area contributed by atoms with Crippen LogP contribution in [0.5, 0.6) is 0 Å². The summed E-state index contributed by atoms with van der Waals surface area (Å²) in [4.78, 5) is 0. The third kappa shape index (κ3) is 18.8. The smallest absolute Gasteiger partial charge is 0.343 e. The molecule has 0 aliphatic rings. The molecule has 2 atom stereocenters. The molecule has 0 saturated carbocycles. The van der Waals surface area contributed by atoms with Crippen molar-refractivity contribution in [3.8, 4) is 0 Å². The maximum atomic E-state index is 3.86. The van der Waals surface area contributed by atoms with Gasteiger partial charge in [0.2, 0.25) is 0 Å². The Morgan fingerprint density at radius 1 is 0.632 bits per heavy atom. The van der Waals surface area contributed by atoms with Gasteiger partial charge in [-0.15, -0.1) is 0 Å².